The fourth-order valence-corrected chi connectivity index (χ4v) is 2.00. The SMILES string of the molecule is CCCSCC(C)(C)NC(C)=O. The van der Waals surface area contributed by atoms with Gasteiger partial charge in [0.05, 0.1) is 0 Å². The molecule has 0 aliphatic carbocycles. The molecule has 0 aromatic rings. The normalized spacial score (nSPS) is 11.3. The van der Waals surface area contributed by atoms with E-state index >= 15 is 0 Å². The van der Waals surface area contributed by atoms with E-state index in [1.807, 2.05) is 11.8 Å². The molecule has 1 N–H and O–H groups in total. The van der Waals surface area contributed by atoms with E-state index in [2.05, 4.69) is 26.1 Å². The van der Waals surface area contributed by atoms with Gasteiger partial charge in [0.15, 0.2) is 0 Å². The predicted molar refractivity (Wildman–Crippen MR) is 55.5 cm³/mol. The second-order valence-electron chi connectivity index (χ2n) is 3.62. The largest absolute Gasteiger partial charge is 0.351 e. The highest BCUT2D eigenvalue weighted by Crippen LogP contribution is 2.12. The topological polar surface area (TPSA) is 29.1 Å². The van der Waals surface area contributed by atoms with Gasteiger partial charge >= 0.3 is 0 Å². The van der Waals surface area contributed by atoms with Crippen molar-refractivity contribution >= 4 is 17.7 Å². The maximum Gasteiger partial charge on any atom is 0.217 e. The van der Waals surface area contributed by atoms with E-state index in [9.17, 15) is 4.79 Å². The Hall–Kier alpha value is -0.180. The molecule has 0 unspecified atom stereocenters. The minimum absolute atomic E-state index is 0.0529. The fraction of sp³-hybridized carbons (Fsp3) is 0.889. The number of amides is 1. The molecule has 12 heavy (non-hydrogen) atoms. The van der Waals surface area contributed by atoms with E-state index in [1.165, 1.54) is 12.2 Å². The second kappa shape index (κ2) is 5.46. The molecule has 72 valence electrons. The Balaban J connectivity index is 3.63. The number of thioether (sulfide) groups is 1. The third-order valence-electron chi connectivity index (χ3n) is 1.33. The lowest BCUT2D eigenvalue weighted by Crippen LogP contribution is -2.44. The monoisotopic (exact) mass is 189 g/mol. The molecular formula is C9H19NOS. The molecule has 1 amide bonds. The van der Waals surface area contributed by atoms with Crippen LogP contribution in [0.4, 0.5) is 0 Å². The molecule has 0 atom stereocenters. The van der Waals surface area contributed by atoms with Crippen LogP contribution in [0, 0.1) is 0 Å². The summed E-state index contributed by atoms with van der Waals surface area (Å²) in [6.45, 7) is 7.83. The Kier molecular flexibility index (Phi) is 5.38. The molecule has 0 radical (unpaired) electrons. The van der Waals surface area contributed by atoms with Crippen molar-refractivity contribution in [2.45, 2.75) is 39.7 Å². The third-order valence-corrected chi connectivity index (χ3v) is 2.95. The van der Waals surface area contributed by atoms with Crippen molar-refractivity contribution in [2.24, 2.45) is 0 Å². The van der Waals surface area contributed by atoms with E-state index in [0.717, 1.165) is 5.75 Å². The lowest BCUT2D eigenvalue weighted by Gasteiger charge is -2.24. The van der Waals surface area contributed by atoms with E-state index in [-0.39, 0.29) is 11.4 Å². The molecule has 0 heterocycles. The summed E-state index contributed by atoms with van der Waals surface area (Å²) in [5.74, 6) is 2.21. The smallest absolute Gasteiger partial charge is 0.217 e. The van der Waals surface area contributed by atoms with E-state index in [0.29, 0.717) is 0 Å². The summed E-state index contributed by atoms with van der Waals surface area (Å²) in [5, 5.41) is 2.92. The lowest BCUT2D eigenvalue weighted by atomic mass is 10.1. The first-order valence-electron chi connectivity index (χ1n) is 4.34. The van der Waals surface area contributed by atoms with Crippen LogP contribution in [0.2, 0.25) is 0 Å². The minimum atomic E-state index is -0.0638. The van der Waals surface area contributed by atoms with Crippen LogP contribution in [0.5, 0.6) is 0 Å². The summed E-state index contributed by atoms with van der Waals surface area (Å²) in [7, 11) is 0. The summed E-state index contributed by atoms with van der Waals surface area (Å²) in [6, 6.07) is 0. The van der Waals surface area contributed by atoms with Gasteiger partial charge in [0, 0.05) is 18.2 Å². The number of hydrogen-bond donors (Lipinski definition) is 1. The van der Waals surface area contributed by atoms with Gasteiger partial charge in [0.25, 0.3) is 0 Å². The minimum Gasteiger partial charge on any atom is -0.351 e. The summed E-state index contributed by atoms with van der Waals surface area (Å²) < 4.78 is 0. The van der Waals surface area contributed by atoms with Crippen molar-refractivity contribution in [3.8, 4) is 0 Å². The number of carbonyl (C=O) groups is 1. The number of nitrogens with one attached hydrogen (secondary N) is 1. The first-order chi connectivity index (χ1) is 5.48. The van der Waals surface area contributed by atoms with Crippen molar-refractivity contribution in [1.82, 2.24) is 5.32 Å². The van der Waals surface area contributed by atoms with Crippen LogP contribution in [0.1, 0.15) is 34.1 Å². The van der Waals surface area contributed by atoms with E-state index in [1.54, 1.807) is 6.92 Å². The zero-order valence-electron chi connectivity index (χ0n) is 8.44. The van der Waals surface area contributed by atoms with Crippen LogP contribution in [0.15, 0.2) is 0 Å². The quantitative estimate of drug-likeness (QED) is 0.671. The van der Waals surface area contributed by atoms with Crippen LogP contribution in [0.25, 0.3) is 0 Å². The van der Waals surface area contributed by atoms with Crippen molar-refractivity contribution in [3.05, 3.63) is 0 Å². The molecule has 0 spiro atoms. The molecule has 0 aromatic heterocycles. The van der Waals surface area contributed by atoms with Gasteiger partial charge in [-0.1, -0.05) is 6.92 Å². The van der Waals surface area contributed by atoms with Gasteiger partial charge in [-0.3, -0.25) is 4.79 Å². The first kappa shape index (κ1) is 11.8. The predicted octanol–water partition coefficient (Wildman–Crippen LogP) is 2.04. The molecule has 0 rings (SSSR count). The Labute approximate surface area is 79.5 Å². The Bertz CT molecular complexity index is 145. The Morgan fingerprint density at radius 2 is 2.08 bits per heavy atom. The van der Waals surface area contributed by atoms with Gasteiger partial charge in [-0.05, 0) is 26.0 Å². The number of hydrogen-bond acceptors (Lipinski definition) is 2. The van der Waals surface area contributed by atoms with Gasteiger partial charge < -0.3 is 5.32 Å². The molecule has 3 heteroatoms. The van der Waals surface area contributed by atoms with Gasteiger partial charge in [0.1, 0.15) is 0 Å². The molecule has 0 aliphatic heterocycles. The maximum absolute atomic E-state index is 10.8. The molecule has 0 bridgehead atoms. The summed E-state index contributed by atoms with van der Waals surface area (Å²) in [5.41, 5.74) is -0.0638. The van der Waals surface area contributed by atoms with Gasteiger partial charge in [0.2, 0.25) is 5.91 Å². The summed E-state index contributed by atoms with van der Waals surface area (Å²) in [6.07, 6.45) is 1.20. The molecule has 0 aliphatic rings. The van der Waals surface area contributed by atoms with Crippen LogP contribution >= 0.6 is 11.8 Å². The molecule has 2 nitrogen and oxygen atoms in total. The average molecular weight is 189 g/mol. The Morgan fingerprint density at radius 1 is 1.50 bits per heavy atom. The molecule has 0 saturated heterocycles. The van der Waals surface area contributed by atoms with Crippen molar-refractivity contribution < 1.29 is 4.79 Å². The summed E-state index contributed by atoms with van der Waals surface area (Å²) >= 11 is 1.89. The number of rotatable bonds is 5. The van der Waals surface area contributed by atoms with Crippen LogP contribution in [-0.2, 0) is 4.79 Å². The maximum atomic E-state index is 10.8. The molecule has 0 aromatic carbocycles. The van der Waals surface area contributed by atoms with Gasteiger partial charge in [-0.15, -0.1) is 0 Å². The van der Waals surface area contributed by atoms with E-state index < -0.39 is 0 Å². The second-order valence-corrected chi connectivity index (χ2v) is 4.72. The average Bonchev–Trinajstić information content (AvgIpc) is 1.84. The standard InChI is InChI=1S/C9H19NOS/c1-5-6-12-7-9(3,4)10-8(2)11/h5-7H2,1-4H3,(H,10,11). The number of carbonyl (C=O) groups excluding carboxylic acids is 1. The van der Waals surface area contributed by atoms with Gasteiger partial charge in [-0.2, -0.15) is 11.8 Å². The first-order valence-corrected chi connectivity index (χ1v) is 5.50. The van der Waals surface area contributed by atoms with Crippen molar-refractivity contribution in [1.29, 1.82) is 0 Å². The van der Waals surface area contributed by atoms with Crippen LogP contribution < -0.4 is 5.32 Å². The Morgan fingerprint density at radius 3 is 2.50 bits per heavy atom. The molecule has 0 saturated carbocycles. The zero-order valence-corrected chi connectivity index (χ0v) is 9.25. The summed E-state index contributed by atoms with van der Waals surface area (Å²) in [4.78, 5) is 10.8. The highest BCUT2D eigenvalue weighted by molar-refractivity contribution is 7.99. The highest BCUT2D eigenvalue weighted by atomic mass is 32.2. The van der Waals surface area contributed by atoms with Crippen molar-refractivity contribution in [3.63, 3.8) is 0 Å². The van der Waals surface area contributed by atoms with Gasteiger partial charge in [-0.25, -0.2) is 0 Å². The van der Waals surface area contributed by atoms with E-state index in [4.69, 9.17) is 0 Å². The van der Waals surface area contributed by atoms with Crippen LogP contribution in [0.3, 0.4) is 0 Å². The third kappa shape index (κ3) is 6.53. The highest BCUT2D eigenvalue weighted by Gasteiger charge is 2.17. The fourth-order valence-electron chi connectivity index (χ4n) is 0.984. The zero-order chi connectivity index (χ0) is 9.61. The van der Waals surface area contributed by atoms with Crippen molar-refractivity contribution in [2.75, 3.05) is 11.5 Å². The molecular weight excluding hydrogens is 170 g/mol. The van der Waals surface area contributed by atoms with Crippen LogP contribution in [-0.4, -0.2) is 23.0 Å². The molecule has 0 fully saturated rings. The lowest BCUT2D eigenvalue weighted by molar-refractivity contribution is -0.120.